The van der Waals surface area contributed by atoms with Crippen LogP contribution in [-0.2, 0) is 30.2 Å². The molecule has 0 saturated heterocycles. The number of hydrogen-bond donors (Lipinski definition) is 1. The summed E-state index contributed by atoms with van der Waals surface area (Å²) < 4.78 is 36.2. The fourth-order valence-electron chi connectivity index (χ4n) is 3.24. The van der Waals surface area contributed by atoms with Crippen molar-refractivity contribution in [1.29, 1.82) is 0 Å². The highest BCUT2D eigenvalue weighted by molar-refractivity contribution is 5.76. The predicted molar refractivity (Wildman–Crippen MR) is 150 cm³/mol. The molecule has 0 fully saturated rings. The summed E-state index contributed by atoms with van der Waals surface area (Å²) in [5.74, 6) is -0.639. The zero-order chi connectivity index (χ0) is 30.9. The first-order valence-electron chi connectivity index (χ1n) is 13.8. The molecule has 0 unspecified atom stereocenters. The quantitative estimate of drug-likeness (QED) is 0.117. The van der Waals surface area contributed by atoms with Crippen LogP contribution >= 0.6 is 0 Å². The molecular formula is C30H39NO11. The summed E-state index contributed by atoms with van der Waals surface area (Å²) in [6.45, 7) is 7.32. The van der Waals surface area contributed by atoms with E-state index in [0.29, 0.717) is 24.2 Å². The molecule has 2 rings (SSSR count). The first kappa shape index (κ1) is 33.9. The average molecular weight is 590 g/mol. The van der Waals surface area contributed by atoms with Gasteiger partial charge in [-0.15, -0.1) is 0 Å². The average Bonchev–Trinajstić information content (AvgIpc) is 2.95. The summed E-state index contributed by atoms with van der Waals surface area (Å²) in [5.41, 5.74) is 6.55. The second-order valence-electron chi connectivity index (χ2n) is 9.33. The van der Waals surface area contributed by atoms with Gasteiger partial charge in [-0.3, -0.25) is 4.79 Å². The maximum Gasteiger partial charge on any atom is 0.514 e. The Hall–Kier alpha value is -4.32. The van der Waals surface area contributed by atoms with Crippen LogP contribution in [0.3, 0.4) is 0 Å². The number of para-hydroxylation sites is 1. The van der Waals surface area contributed by atoms with Gasteiger partial charge in [0.15, 0.2) is 11.5 Å². The third-order valence-electron chi connectivity index (χ3n) is 5.78. The molecule has 12 heteroatoms. The topological polar surface area (TPSA) is 159 Å². The molecule has 0 amide bonds. The second kappa shape index (κ2) is 18.2. The number of esters is 1. The molecule has 2 aromatic rings. The van der Waals surface area contributed by atoms with Gasteiger partial charge in [0.1, 0.15) is 24.0 Å². The van der Waals surface area contributed by atoms with Crippen LogP contribution < -0.4 is 19.9 Å². The molecule has 2 N–H and O–H groups in total. The lowest BCUT2D eigenvalue weighted by Gasteiger charge is -2.22. The summed E-state index contributed by atoms with van der Waals surface area (Å²) in [5, 5.41) is 0. The van der Waals surface area contributed by atoms with Crippen molar-refractivity contribution in [3.8, 4) is 17.2 Å². The van der Waals surface area contributed by atoms with Gasteiger partial charge in [0.2, 0.25) is 0 Å². The molecule has 0 aliphatic carbocycles. The fourth-order valence-corrected chi connectivity index (χ4v) is 3.24. The van der Waals surface area contributed by atoms with E-state index in [2.05, 4.69) is 0 Å². The minimum Gasteiger partial charge on any atom is -0.458 e. The van der Waals surface area contributed by atoms with Crippen molar-refractivity contribution in [3.05, 3.63) is 54.1 Å². The summed E-state index contributed by atoms with van der Waals surface area (Å²) in [6.07, 6.45) is -1.61. The Morgan fingerprint density at radius 3 is 1.88 bits per heavy atom. The standard InChI is InChI=1S/C30H39NO11/c1-5-7-16-36-28(33)41-25-15-14-22(19-26(25)42-29(34)37-17-8-6-2)18-24(31)27(32)38-20(3)21(4)39-30(35)40-23-12-10-9-11-13-23/h9-15,19-21,24H,5-8,16-18,31H2,1-4H3/t20-,21-,24-/m0/s1. The highest BCUT2D eigenvalue weighted by Gasteiger charge is 2.26. The highest BCUT2D eigenvalue weighted by atomic mass is 16.7. The first-order valence-corrected chi connectivity index (χ1v) is 13.8. The van der Waals surface area contributed by atoms with Crippen molar-refractivity contribution in [3.63, 3.8) is 0 Å². The van der Waals surface area contributed by atoms with E-state index in [1.165, 1.54) is 12.1 Å². The van der Waals surface area contributed by atoms with Crippen LogP contribution in [0.25, 0.3) is 0 Å². The summed E-state index contributed by atoms with van der Waals surface area (Å²) in [6, 6.07) is 11.6. The normalized spacial score (nSPS) is 12.7. The van der Waals surface area contributed by atoms with Gasteiger partial charge >= 0.3 is 24.4 Å². The minimum absolute atomic E-state index is 0.0146. The van der Waals surface area contributed by atoms with Crippen LogP contribution in [-0.4, -0.2) is 55.9 Å². The molecule has 0 aliphatic heterocycles. The number of benzene rings is 2. The Kier molecular flexibility index (Phi) is 14.7. The number of nitrogens with two attached hydrogens (primary N) is 1. The summed E-state index contributed by atoms with van der Waals surface area (Å²) in [4.78, 5) is 49.0. The lowest BCUT2D eigenvalue weighted by Crippen LogP contribution is -2.39. The van der Waals surface area contributed by atoms with Gasteiger partial charge in [0.05, 0.1) is 13.2 Å². The van der Waals surface area contributed by atoms with E-state index in [1.54, 1.807) is 50.2 Å². The van der Waals surface area contributed by atoms with E-state index in [9.17, 15) is 19.2 Å². The van der Waals surface area contributed by atoms with Crippen LogP contribution in [0.15, 0.2) is 48.5 Å². The number of unbranched alkanes of at least 4 members (excludes halogenated alkanes) is 2. The molecule has 42 heavy (non-hydrogen) atoms. The van der Waals surface area contributed by atoms with E-state index in [4.69, 9.17) is 38.9 Å². The van der Waals surface area contributed by atoms with Crippen LogP contribution in [0, 0.1) is 0 Å². The van der Waals surface area contributed by atoms with E-state index >= 15 is 0 Å². The maximum absolute atomic E-state index is 12.7. The summed E-state index contributed by atoms with van der Waals surface area (Å²) >= 11 is 0. The van der Waals surface area contributed by atoms with Crippen LogP contribution in [0.5, 0.6) is 17.2 Å². The van der Waals surface area contributed by atoms with Crippen LogP contribution in [0.1, 0.15) is 58.9 Å². The van der Waals surface area contributed by atoms with E-state index in [0.717, 1.165) is 12.8 Å². The van der Waals surface area contributed by atoms with Crippen LogP contribution in [0.2, 0.25) is 0 Å². The van der Waals surface area contributed by atoms with Crippen molar-refractivity contribution >= 4 is 24.4 Å². The zero-order valence-electron chi connectivity index (χ0n) is 24.4. The Morgan fingerprint density at radius 2 is 1.29 bits per heavy atom. The fraction of sp³-hybridized carbons (Fsp3) is 0.467. The molecule has 2 aromatic carbocycles. The van der Waals surface area contributed by atoms with Gasteiger partial charge < -0.3 is 38.9 Å². The number of ether oxygens (including phenoxy) is 7. The van der Waals surface area contributed by atoms with Gasteiger partial charge in [-0.05, 0) is 62.9 Å². The van der Waals surface area contributed by atoms with Gasteiger partial charge in [0.25, 0.3) is 0 Å². The van der Waals surface area contributed by atoms with Crippen molar-refractivity contribution in [2.45, 2.75) is 78.0 Å². The molecule has 0 radical (unpaired) electrons. The zero-order valence-corrected chi connectivity index (χ0v) is 24.4. The van der Waals surface area contributed by atoms with Crippen molar-refractivity contribution in [2.75, 3.05) is 13.2 Å². The van der Waals surface area contributed by atoms with Crippen LogP contribution in [0.4, 0.5) is 14.4 Å². The van der Waals surface area contributed by atoms with E-state index in [1.807, 2.05) is 13.8 Å². The lowest BCUT2D eigenvalue weighted by molar-refractivity contribution is -0.155. The molecule has 3 atom stereocenters. The second-order valence-corrected chi connectivity index (χ2v) is 9.33. The number of hydrogen-bond acceptors (Lipinski definition) is 12. The molecule has 230 valence electrons. The number of carbonyl (C=O) groups is 4. The molecular weight excluding hydrogens is 550 g/mol. The Bertz CT molecular complexity index is 1160. The van der Waals surface area contributed by atoms with E-state index < -0.39 is 42.7 Å². The molecule has 0 aliphatic rings. The largest absolute Gasteiger partial charge is 0.514 e. The Morgan fingerprint density at radius 1 is 0.714 bits per heavy atom. The summed E-state index contributed by atoms with van der Waals surface area (Å²) in [7, 11) is 0. The predicted octanol–water partition coefficient (Wildman–Crippen LogP) is 5.72. The van der Waals surface area contributed by atoms with Gasteiger partial charge in [-0.1, -0.05) is 51.0 Å². The molecule has 0 spiro atoms. The molecule has 0 aromatic heterocycles. The third-order valence-corrected chi connectivity index (χ3v) is 5.78. The molecule has 0 saturated carbocycles. The van der Waals surface area contributed by atoms with Crippen molar-refractivity contribution in [2.24, 2.45) is 5.73 Å². The van der Waals surface area contributed by atoms with Gasteiger partial charge in [0, 0.05) is 0 Å². The monoisotopic (exact) mass is 589 g/mol. The number of rotatable bonds is 15. The Balaban J connectivity index is 2.00. The first-order chi connectivity index (χ1) is 20.1. The smallest absolute Gasteiger partial charge is 0.458 e. The van der Waals surface area contributed by atoms with Gasteiger partial charge in [-0.2, -0.15) is 0 Å². The lowest BCUT2D eigenvalue weighted by atomic mass is 10.1. The van der Waals surface area contributed by atoms with E-state index in [-0.39, 0.29) is 31.1 Å². The molecule has 12 nitrogen and oxygen atoms in total. The Labute approximate surface area is 245 Å². The SMILES string of the molecule is CCCCOC(=O)Oc1ccc(C[C@H](N)C(=O)O[C@@H](C)[C@H](C)OC(=O)Oc2ccccc2)cc1OC(=O)OCCCC. The minimum atomic E-state index is -1.12. The maximum atomic E-state index is 12.7. The van der Waals surface area contributed by atoms with Crippen molar-refractivity contribution < 1.29 is 52.3 Å². The highest BCUT2D eigenvalue weighted by Crippen LogP contribution is 2.30. The molecule has 0 heterocycles. The van der Waals surface area contributed by atoms with Gasteiger partial charge in [-0.25, -0.2) is 14.4 Å². The van der Waals surface area contributed by atoms with Crippen molar-refractivity contribution in [1.82, 2.24) is 0 Å². The molecule has 0 bridgehead atoms. The number of carbonyl (C=O) groups excluding carboxylic acids is 4. The third kappa shape index (κ3) is 12.5.